The van der Waals surface area contributed by atoms with Crippen LogP contribution in [-0.2, 0) is 7.05 Å². The molecule has 3 rings (SSSR count). The fourth-order valence-corrected chi connectivity index (χ4v) is 2.02. The van der Waals surface area contributed by atoms with E-state index >= 15 is 0 Å². The molecule has 0 bridgehead atoms. The molecular formula is C14H14N4O. The first-order chi connectivity index (χ1) is 9.15. The van der Waals surface area contributed by atoms with Gasteiger partial charge in [0.05, 0.1) is 5.56 Å². The molecule has 0 amide bonds. The summed E-state index contributed by atoms with van der Waals surface area (Å²) in [5, 5.41) is 8.36. The standard InChI is InChI=1S/C14H14N4O/c1-9-3-5-10(6-4-9)12-13(17-19-14(12)15)11-7-8-18(2)16-11/h3-8H,15H2,1-2H3. The monoisotopic (exact) mass is 254 g/mol. The highest BCUT2D eigenvalue weighted by Crippen LogP contribution is 2.35. The number of nitrogen functional groups attached to an aromatic ring is 1. The zero-order chi connectivity index (χ0) is 13.4. The summed E-state index contributed by atoms with van der Waals surface area (Å²) in [5.74, 6) is 0.310. The second-order valence-corrected chi connectivity index (χ2v) is 4.51. The third kappa shape index (κ3) is 1.99. The summed E-state index contributed by atoms with van der Waals surface area (Å²) in [6.07, 6.45) is 1.86. The Kier molecular flexibility index (Phi) is 2.59. The summed E-state index contributed by atoms with van der Waals surface area (Å²) in [6, 6.07) is 9.96. The molecule has 0 saturated carbocycles. The summed E-state index contributed by atoms with van der Waals surface area (Å²) in [6.45, 7) is 2.04. The van der Waals surface area contributed by atoms with Crippen molar-refractivity contribution >= 4 is 5.88 Å². The van der Waals surface area contributed by atoms with Crippen LogP contribution < -0.4 is 5.73 Å². The Labute approximate surface area is 110 Å². The smallest absolute Gasteiger partial charge is 0.230 e. The van der Waals surface area contributed by atoms with Gasteiger partial charge in [-0.05, 0) is 18.6 Å². The summed E-state index contributed by atoms with van der Waals surface area (Å²) in [4.78, 5) is 0. The van der Waals surface area contributed by atoms with Crippen molar-refractivity contribution in [3.63, 3.8) is 0 Å². The van der Waals surface area contributed by atoms with E-state index in [1.54, 1.807) is 4.68 Å². The SMILES string of the molecule is Cc1ccc(-c2c(-c3ccn(C)n3)noc2N)cc1. The first-order valence-electron chi connectivity index (χ1n) is 5.97. The molecule has 0 unspecified atom stereocenters. The van der Waals surface area contributed by atoms with Crippen molar-refractivity contribution in [2.24, 2.45) is 7.05 Å². The number of anilines is 1. The number of benzene rings is 1. The van der Waals surface area contributed by atoms with Gasteiger partial charge >= 0.3 is 0 Å². The predicted octanol–water partition coefficient (Wildman–Crippen LogP) is 2.63. The molecule has 0 radical (unpaired) electrons. The van der Waals surface area contributed by atoms with Crippen LogP contribution in [0.4, 0.5) is 5.88 Å². The van der Waals surface area contributed by atoms with Crippen LogP contribution in [-0.4, -0.2) is 14.9 Å². The van der Waals surface area contributed by atoms with Crippen LogP contribution in [0.3, 0.4) is 0 Å². The normalized spacial score (nSPS) is 10.8. The zero-order valence-electron chi connectivity index (χ0n) is 10.8. The van der Waals surface area contributed by atoms with Crippen molar-refractivity contribution in [1.29, 1.82) is 0 Å². The summed E-state index contributed by atoms with van der Waals surface area (Å²) < 4.78 is 6.84. The van der Waals surface area contributed by atoms with Gasteiger partial charge in [-0.1, -0.05) is 35.0 Å². The van der Waals surface area contributed by atoms with Crippen LogP contribution >= 0.6 is 0 Å². The van der Waals surface area contributed by atoms with Crippen LogP contribution in [0.2, 0.25) is 0 Å². The number of hydrogen-bond donors (Lipinski definition) is 1. The van der Waals surface area contributed by atoms with E-state index in [9.17, 15) is 0 Å². The van der Waals surface area contributed by atoms with E-state index in [2.05, 4.69) is 10.3 Å². The average molecular weight is 254 g/mol. The molecule has 5 nitrogen and oxygen atoms in total. The minimum absolute atomic E-state index is 0.310. The van der Waals surface area contributed by atoms with Crippen LogP contribution in [0.1, 0.15) is 5.56 Å². The number of aryl methyl sites for hydroxylation is 2. The van der Waals surface area contributed by atoms with Crippen molar-refractivity contribution in [2.45, 2.75) is 6.92 Å². The third-order valence-electron chi connectivity index (χ3n) is 3.01. The molecule has 1 aromatic carbocycles. The van der Waals surface area contributed by atoms with Gasteiger partial charge < -0.3 is 10.3 Å². The highest BCUT2D eigenvalue weighted by molar-refractivity contribution is 5.85. The minimum atomic E-state index is 0.310. The van der Waals surface area contributed by atoms with Crippen LogP contribution in [0.15, 0.2) is 41.1 Å². The maximum Gasteiger partial charge on any atom is 0.230 e. The van der Waals surface area contributed by atoms with E-state index in [4.69, 9.17) is 10.3 Å². The summed E-state index contributed by atoms with van der Waals surface area (Å²) in [7, 11) is 1.86. The van der Waals surface area contributed by atoms with Gasteiger partial charge in [0, 0.05) is 13.2 Å². The quantitative estimate of drug-likeness (QED) is 0.763. The molecule has 0 saturated heterocycles. The number of rotatable bonds is 2. The fraction of sp³-hybridized carbons (Fsp3) is 0.143. The molecule has 0 aliphatic heterocycles. The Balaban J connectivity index is 2.16. The number of nitrogens with zero attached hydrogens (tertiary/aromatic N) is 3. The molecule has 2 N–H and O–H groups in total. The number of nitrogens with two attached hydrogens (primary N) is 1. The summed E-state index contributed by atoms with van der Waals surface area (Å²) >= 11 is 0. The third-order valence-corrected chi connectivity index (χ3v) is 3.01. The Morgan fingerprint density at radius 3 is 2.53 bits per heavy atom. The van der Waals surface area contributed by atoms with Gasteiger partial charge in [-0.25, -0.2) is 0 Å². The maximum atomic E-state index is 5.89. The Hall–Kier alpha value is -2.56. The largest absolute Gasteiger partial charge is 0.367 e. The van der Waals surface area contributed by atoms with E-state index in [1.165, 1.54) is 5.56 Å². The van der Waals surface area contributed by atoms with Gasteiger partial charge in [-0.2, -0.15) is 5.10 Å². The van der Waals surface area contributed by atoms with Crippen molar-refractivity contribution in [2.75, 3.05) is 5.73 Å². The van der Waals surface area contributed by atoms with Gasteiger partial charge in [-0.15, -0.1) is 0 Å². The topological polar surface area (TPSA) is 69.9 Å². The molecule has 0 spiro atoms. The molecule has 0 atom stereocenters. The van der Waals surface area contributed by atoms with E-state index in [0.717, 1.165) is 16.8 Å². The van der Waals surface area contributed by atoms with E-state index in [1.807, 2.05) is 50.5 Å². The van der Waals surface area contributed by atoms with Crippen molar-refractivity contribution in [1.82, 2.24) is 14.9 Å². The van der Waals surface area contributed by atoms with Gasteiger partial charge in [0.25, 0.3) is 0 Å². The van der Waals surface area contributed by atoms with Gasteiger partial charge in [0.1, 0.15) is 11.4 Å². The average Bonchev–Trinajstić information content (AvgIpc) is 2.97. The zero-order valence-corrected chi connectivity index (χ0v) is 10.8. The highest BCUT2D eigenvalue weighted by atomic mass is 16.5. The minimum Gasteiger partial charge on any atom is -0.367 e. The van der Waals surface area contributed by atoms with Crippen molar-refractivity contribution < 1.29 is 4.52 Å². The van der Waals surface area contributed by atoms with Crippen LogP contribution in [0, 0.1) is 6.92 Å². The molecule has 0 aliphatic rings. The lowest BCUT2D eigenvalue weighted by Crippen LogP contribution is -1.91. The maximum absolute atomic E-state index is 5.89. The lowest BCUT2D eigenvalue weighted by atomic mass is 10.0. The van der Waals surface area contributed by atoms with Crippen molar-refractivity contribution in [3.05, 3.63) is 42.1 Å². The van der Waals surface area contributed by atoms with Crippen LogP contribution in [0.5, 0.6) is 0 Å². The predicted molar refractivity (Wildman–Crippen MR) is 73.3 cm³/mol. The van der Waals surface area contributed by atoms with E-state index < -0.39 is 0 Å². The Morgan fingerprint density at radius 2 is 1.89 bits per heavy atom. The summed E-state index contributed by atoms with van der Waals surface area (Å²) in [5.41, 5.74) is 10.3. The molecular weight excluding hydrogens is 240 g/mol. The first kappa shape index (κ1) is 11.5. The second-order valence-electron chi connectivity index (χ2n) is 4.51. The highest BCUT2D eigenvalue weighted by Gasteiger charge is 2.18. The number of hydrogen-bond acceptors (Lipinski definition) is 4. The van der Waals surface area contributed by atoms with Gasteiger partial charge in [0.15, 0.2) is 0 Å². The molecule has 19 heavy (non-hydrogen) atoms. The fourth-order valence-electron chi connectivity index (χ4n) is 2.02. The molecule has 0 fully saturated rings. The van der Waals surface area contributed by atoms with Crippen LogP contribution in [0.25, 0.3) is 22.5 Å². The lowest BCUT2D eigenvalue weighted by molar-refractivity contribution is 0.439. The molecule has 2 aromatic heterocycles. The second kappa shape index (κ2) is 4.28. The van der Waals surface area contributed by atoms with E-state index in [0.29, 0.717) is 11.6 Å². The molecule has 96 valence electrons. The van der Waals surface area contributed by atoms with Crippen molar-refractivity contribution in [3.8, 4) is 22.5 Å². The first-order valence-corrected chi connectivity index (χ1v) is 5.97. The molecule has 0 aliphatic carbocycles. The van der Waals surface area contributed by atoms with Gasteiger partial charge in [-0.3, -0.25) is 4.68 Å². The molecule has 2 heterocycles. The number of aromatic nitrogens is 3. The van der Waals surface area contributed by atoms with E-state index in [-0.39, 0.29) is 0 Å². The molecule has 3 aromatic rings. The Morgan fingerprint density at radius 1 is 1.16 bits per heavy atom. The Bertz CT molecular complexity index is 709. The lowest BCUT2D eigenvalue weighted by Gasteiger charge is -2.01. The van der Waals surface area contributed by atoms with Gasteiger partial charge in [0.2, 0.25) is 5.88 Å². The molecule has 5 heteroatoms.